The summed E-state index contributed by atoms with van der Waals surface area (Å²) in [6.45, 7) is 6.21. The van der Waals surface area contributed by atoms with Gasteiger partial charge in [-0.2, -0.15) is 0 Å². The van der Waals surface area contributed by atoms with Crippen molar-refractivity contribution in [3.8, 4) is 0 Å². The first-order valence-corrected chi connectivity index (χ1v) is 6.96. The highest BCUT2D eigenvalue weighted by molar-refractivity contribution is 5.94. The summed E-state index contributed by atoms with van der Waals surface area (Å²) in [7, 11) is 1.76. The lowest BCUT2D eigenvalue weighted by atomic mass is 10.0. The van der Waals surface area contributed by atoms with Gasteiger partial charge in [0, 0.05) is 12.7 Å². The average molecular weight is 263 g/mol. The van der Waals surface area contributed by atoms with Gasteiger partial charge in [0.15, 0.2) is 0 Å². The molecule has 0 spiro atoms. The van der Waals surface area contributed by atoms with Crippen molar-refractivity contribution in [2.45, 2.75) is 33.6 Å². The van der Waals surface area contributed by atoms with Gasteiger partial charge >= 0.3 is 0 Å². The maximum atomic E-state index is 12.1. The number of carbonyl (C=O) groups is 1. The third kappa shape index (κ3) is 4.35. The standard InChI is InChI=1S/C16H25NO2/c1-5-14(11-18)16(19)17(4)15-8-6-13(7-9-15)10-12(2)3/h6-9,12,14,18H,5,10-11H2,1-4H3. The first kappa shape index (κ1) is 15.7. The van der Waals surface area contributed by atoms with Crippen LogP contribution in [0.15, 0.2) is 24.3 Å². The molecule has 0 fully saturated rings. The van der Waals surface area contributed by atoms with Crippen molar-refractivity contribution in [3.05, 3.63) is 29.8 Å². The van der Waals surface area contributed by atoms with Crippen LogP contribution in [0.2, 0.25) is 0 Å². The van der Waals surface area contributed by atoms with Crippen LogP contribution in [-0.4, -0.2) is 24.7 Å². The van der Waals surface area contributed by atoms with Crippen LogP contribution < -0.4 is 4.90 Å². The molecule has 0 aliphatic heterocycles. The Bertz CT molecular complexity index is 394. The molecular weight excluding hydrogens is 238 g/mol. The van der Waals surface area contributed by atoms with Crippen molar-refractivity contribution < 1.29 is 9.90 Å². The molecule has 3 nitrogen and oxygen atoms in total. The van der Waals surface area contributed by atoms with Crippen molar-refractivity contribution in [3.63, 3.8) is 0 Å². The van der Waals surface area contributed by atoms with Crippen LogP contribution in [0.5, 0.6) is 0 Å². The molecule has 106 valence electrons. The zero-order chi connectivity index (χ0) is 14.4. The van der Waals surface area contributed by atoms with Crippen molar-refractivity contribution in [2.24, 2.45) is 11.8 Å². The number of nitrogens with zero attached hydrogens (tertiary/aromatic N) is 1. The minimum atomic E-state index is -0.305. The van der Waals surface area contributed by atoms with Crippen LogP contribution in [0.4, 0.5) is 5.69 Å². The van der Waals surface area contributed by atoms with Crippen LogP contribution in [0.3, 0.4) is 0 Å². The number of benzene rings is 1. The SMILES string of the molecule is CCC(CO)C(=O)N(C)c1ccc(CC(C)C)cc1. The van der Waals surface area contributed by atoms with Crippen LogP contribution in [0, 0.1) is 11.8 Å². The second kappa shape index (κ2) is 7.29. The lowest BCUT2D eigenvalue weighted by molar-refractivity contribution is -0.123. The molecule has 19 heavy (non-hydrogen) atoms. The largest absolute Gasteiger partial charge is 0.396 e. The number of hydrogen-bond acceptors (Lipinski definition) is 2. The summed E-state index contributed by atoms with van der Waals surface area (Å²) in [4.78, 5) is 13.8. The van der Waals surface area contributed by atoms with E-state index in [1.807, 2.05) is 19.1 Å². The number of amides is 1. The summed E-state index contributed by atoms with van der Waals surface area (Å²) >= 11 is 0. The molecule has 1 aromatic rings. The molecule has 0 radical (unpaired) electrons. The van der Waals surface area contributed by atoms with E-state index in [9.17, 15) is 9.90 Å². The molecule has 0 bridgehead atoms. The van der Waals surface area contributed by atoms with E-state index < -0.39 is 0 Å². The summed E-state index contributed by atoms with van der Waals surface area (Å²) in [5.41, 5.74) is 2.17. The molecule has 1 unspecified atom stereocenters. The molecule has 0 aliphatic carbocycles. The second-order valence-electron chi connectivity index (χ2n) is 5.45. The molecule has 0 saturated carbocycles. The van der Waals surface area contributed by atoms with Gasteiger partial charge in [0.25, 0.3) is 0 Å². The molecule has 1 atom stereocenters. The molecule has 0 aromatic heterocycles. The molecule has 0 saturated heterocycles. The topological polar surface area (TPSA) is 40.5 Å². The van der Waals surface area contributed by atoms with E-state index >= 15 is 0 Å². The fourth-order valence-corrected chi connectivity index (χ4v) is 2.11. The van der Waals surface area contributed by atoms with Crippen molar-refractivity contribution in [1.82, 2.24) is 0 Å². The molecular formula is C16H25NO2. The molecule has 0 heterocycles. The summed E-state index contributed by atoms with van der Waals surface area (Å²) in [5, 5.41) is 9.19. The Morgan fingerprint density at radius 3 is 2.26 bits per heavy atom. The lowest BCUT2D eigenvalue weighted by Crippen LogP contribution is -2.34. The van der Waals surface area contributed by atoms with Crippen molar-refractivity contribution in [1.29, 1.82) is 0 Å². The Kier molecular flexibility index (Phi) is 6.03. The number of hydrogen-bond donors (Lipinski definition) is 1. The third-order valence-corrected chi connectivity index (χ3v) is 3.36. The Labute approximate surface area is 116 Å². The predicted octanol–water partition coefficient (Wildman–Crippen LogP) is 2.87. The molecule has 3 heteroatoms. The number of aliphatic hydroxyl groups excluding tert-OH is 1. The Hall–Kier alpha value is -1.35. The van der Waals surface area contributed by atoms with Crippen molar-refractivity contribution in [2.75, 3.05) is 18.6 Å². The second-order valence-corrected chi connectivity index (χ2v) is 5.45. The quantitative estimate of drug-likeness (QED) is 0.857. The lowest BCUT2D eigenvalue weighted by Gasteiger charge is -2.22. The van der Waals surface area contributed by atoms with E-state index in [0.29, 0.717) is 12.3 Å². The highest BCUT2D eigenvalue weighted by Crippen LogP contribution is 2.18. The van der Waals surface area contributed by atoms with E-state index in [0.717, 1.165) is 12.1 Å². The highest BCUT2D eigenvalue weighted by Gasteiger charge is 2.20. The van der Waals surface area contributed by atoms with Crippen LogP contribution >= 0.6 is 0 Å². The summed E-state index contributed by atoms with van der Waals surface area (Å²) in [5.74, 6) is 0.297. The number of rotatable bonds is 6. The third-order valence-electron chi connectivity index (χ3n) is 3.36. The van der Waals surface area contributed by atoms with E-state index in [2.05, 4.69) is 26.0 Å². The minimum absolute atomic E-state index is 0.0263. The van der Waals surface area contributed by atoms with Gasteiger partial charge in [0.05, 0.1) is 12.5 Å². The fraction of sp³-hybridized carbons (Fsp3) is 0.562. The monoisotopic (exact) mass is 263 g/mol. The Morgan fingerprint density at radius 2 is 1.84 bits per heavy atom. The highest BCUT2D eigenvalue weighted by atomic mass is 16.3. The van der Waals surface area contributed by atoms with Gasteiger partial charge in [-0.25, -0.2) is 0 Å². The van der Waals surface area contributed by atoms with Gasteiger partial charge in [-0.3, -0.25) is 4.79 Å². The maximum absolute atomic E-state index is 12.1. The van der Waals surface area contributed by atoms with E-state index in [1.54, 1.807) is 11.9 Å². The minimum Gasteiger partial charge on any atom is -0.396 e. The predicted molar refractivity (Wildman–Crippen MR) is 79.3 cm³/mol. The maximum Gasteiger partial charge on any atom is 0.232 e. The Balaban J connectivity index is 2.77. The molecule has 1 aromatic carbocycles. The van der Waals surface area contributed by atoms with Gasteiger partial charge in [-0.15, -0.1) is 0 Å². The normalized spacial score (nSPS) is 12.5. The van der Waals surface area contributed by atoms with E-state index in [4.69, 9.17) is 0 Å². The zero-order valence-electron chi connectivity index (χ0n) is 12.4. The van der Waals surface area contributed by atoms with E-state index in [1.165, 1.54) is 5.56 Å². The summed E-state index contributed by atoms with van der Waals surface area (Å²) < 4.78 is 0. The van der Waals surface area contributed by atoms with E-state index in [-0.39, 0.29) is 18.4 Å². The molecule has 1 N–H and O–H groups in total. The van der Waals surface area contributed by atoms with Gasteiger partial charge in [0.1, 0.15) is 0 Å². The zero-order valence-corrected chi connectivity index (χ0v) is 12.4. The summed E-state index contributed by atoms with van der Waals surface area (Å²) in [6, 6.07) is 8.08. The molecule has 0 aliphatic rings. The van der Waals surface area contributed by atoms with Gasteiger partial charge < -0.3 is 10.0 Å². The van der Waals surface area contributed by atoms with Crippen molar-refractivity contribution >= 4 is 11.6 Å². The number of anilines is 1. The van der Waals surface area contributed by atoms with Gasteiger partial charge in [-0.05, 0) is 36.5 Å². The molecule has 1 rings (SSSR count). The fourth-order valence-electron chi connectivity index (χ4n) is 2.11. The van der Waals surface area contributed by atoms with Gasteiger partial charge in [0.2, 0.25) is 5.91 Å². The van der Waals surface area contributed by atoms with Crippen LogP contribution in [0.25, 0.3) is 0 Å². The number of carbonyl (C=O) groups excluding carboxylic acids is 1. The molecule has 1 amide bonds. The summed E-state index contributed by atoms with van der Waals surface area (Å²) in [6.07, 6.45) is 1.71. The number of aliphatic hydroxyl groups is 1. The first-order chi connectivity index (χ1) is 8.99. The van der Waals surface area contributed by atoms with Gasteiger partial charge in [-0.1, -0.05) is 32.9 Å². The Morgan fingerprint density at radius 1 is 1.26 bits per heavy atom. The first-order valence-electron chi connectivity index (χ1n) is 6.96. The van der Waals surface area contributed by atoms with Crippen LogP contribution in [0.1, 0.15) is 32.8 Å². The average Bonchev–Trinajstić information content (AvgIpc) is 2.39. The smallest absolute Gasteiger partial charge is 0.232 e. The van der Waals surface area contributed by atoms with Crippen LogP contribution in [-0.2, 0) is 11.2 Å².